The number of nitrogens with zero attached hydrogens (tertiary/aromatic N) is 1. The van der Waals surface area contributed by atoms with Gasteiger partial charge in [0.2, 0.25) is 0 Å². The molecule has 0 aromatic rings. The molecule has 1 N–H and O–H groups in total. The summed E-state index contributed by atoms with van der Waals surface area (Å²) in [5, 5.41) is 8.60. The lowest BCUT2D eigenvalue weighted by Crippen LogP contribution is -2.47. The summed E-state index contributed by atoms with van der Waals surface area (Å²) in [5.74, 6) is 1.58. The number of aliphatic hydroxyl groups excluding tert-OH is 1. The van der Waals surface area contributed by atoms with Crippen molar-refractivity contribution in [3.8, 4) is 0 Å². The van der Waals surface area contributed by atoms with Crippen molar-refractivity contribution in [2.24, 2.45) is 11.8 Å². The zero-order chi connectivity index (χ0) is 11.3. The molecule has 0 radical (unpaired) electrons. The molecule has 0 aromatic heterocycles. The second-order valence-corrected chi connectivity index (χ2v) is 4.89. The Kier molecular flexibility index (Phi) is 5.58. The molecule has 3 nitrogen and oxygen atoms in total. The van der Waals surface area contributed by atoms with Crippen molar-refractivity contribution in [2.75, 3.05) is 32.9 Å². The van der Waals surface area contributed by atoms with E-state index >= 15 is 0 Å². The Morgan fingerprint density at radius 3 is 2.67 bits per heavy atom. The highest BCUT2D eigenvalue weighted by molar-refractivity contribution is 4.81. The van der Waals surface area contributed by atoms with E-state index < -0.39 is 0 Å². The van der Waals surface area contributed by atoms with E-state index in [9.17, 15) is 0 Å². The van der Waals surface area contributed by atoms with E-state index in [2.05, 4.69) is 25.7 Å². The molecule has 90 valence electrons. The number of rotatable bonds is 5. The maximum absolute atomic E-state index is 8.60. The normalized spacial score (nSPS) is 33.2. The Morgan fingerprint density at radius 2 is 2.00 bits per heavy atom. The fourth-order valence-electron chi connectivity index (χ4n) is 2.48. The molecule has 3 unspecified atom stereocenters. The zero-order valence-corrected chi connectivity index (χ0v) is 10.3. The van der Waals surface area contributed by atoms with Gasteiger partial charge in [-0.15, -0.1) is 0 Å². The lowest BCUT2D eigenvalue weighted by Gasteiger charge is -2.41. The number of aliphatic hydroxyl groups is 1. The summed E-state index contributed by atoms with van der Waals surface area (Å²) in [6, 6.07) is 0.666. The summed E-state index contributed by atoms with van der Waals surface area (Å²) >= 11 is 0. The summed E-state index contributed by atoms with van der Waals surface area (Å²) in [6.45, 7) is 10.5. The van der Waals surface area contributed by atoms with Gasteiger partial charge >= 0.3 is 0 Å². The maximum atomic E-state index is 8.60. The molecular weight excluding hydrogens is 190 g/mol. The molecular formula is C12H25NO2. The number of hydrogen-bond donors (Lipinski definition) is 1. The fourth-order valence-corrected chi connectivity index (χ4v) is 2.48. The average Bonchev–Trinajstić information content (AvgIpc) is 2.19. The van der Waals surface area contributed by atoms with E-state index in [-0.39, 0.29) is 6.61 Å². The first-order chi connectivity index (χ1) is 7.15. The second kappa shape index (κ2) is 6.46. The number of ether oxygens (including phenoxy) is 1. The standard InChI is InChI=1S/C12H25NO2/c1-10-8-11(2)12(3)13(9-10)4-6-15-7-5-14/h10-12,14H,4-9H2,1-3H3. The van der Waals surface area contributed by atoms with E-state index in [1.165, 1.54) is 13.0 Å². The van der Waals surface area contributed by atoms with Crippen LogP contribution in [0.2, 0.25) is 0 Å². The van der Waals surface area contributed by atoms with Crippen LogP contribution in [0.4, 0.5) is 0 Å². The Hall–Kier alpha value is -0.120. The molecule has 0 aliphatic carbocycles. The first-order valence-electron chi connectivity index (χ1n) is 6.07. The van der Waals surface area contributed by atoms with Crippen molar-refractivity contribution in [3.05, 3.63) is 0 Å². The molecule has 1 saturated heterocycles. The van der Waals surface area contributed by atoms with Crippen LogP contribution in [0.1, 0.15) is 27.2 Å². The smallest absolute Gasteiger partial charge is 0.0698 e. The molecule has 1 aliphatic heterocycles. The van der Waals surface area contributed by atoms with Gasteiger partial charge in [0.05, 0.1) is 19.8 Å². The number of piperidine rings is 1. The number of likely N-dealkylation sites (tertiary alicyclic amines) is 1. The highest BCUT2D eigenvalue weighted by Gasteiger charge is 2.27. The van der Waals surface area contributed by atoms with E-state index in [0.717, 1.165) is 25.0 Å². The highest BCUT2D eigenvalue weighted by atomic mass is 16.5. The molecule has 0 saturated carbocycles. The van der Waals surface area contributed by atoms with Gasteiger partial charge in [-0.25, -0.2) is 0 Å². The van der Waals surface area contributed by atoms with Crippen LogP contribution < -0.4 is 0 Å². The van der Waals surface area contributed by atoms with E-state index in [4.69, 9.17) is 9.84 Å². The molecule has 1 rings (SSSR count). The average molecular weight is 215 g/mol. The SMILES string of the molecule is CC1CC(C)C(C)N(CCOCCO)C1. The van der Waals surface area contributed by atoms with Crippen LogP contribution in [0.25, 0.3) is 0 Å². The van der Waals surface area contributed by atoms with Crippen molar-refractivity contribution in [1.82, 2.24) is 4.90 Å². The monoisotopic (exact) mass is 215 g/mol. The first kappa shape index (κ1) is 12.9. The summed E-state index contributed by atoms with van der Waals surface area (Å²) in [6.07, 6.45) is 1.34. The fraction of sp³-hybridized carbons (Fsp3) is 1.00. The predicted molar refractivity (Wildman–Crippen MR) is 61.9 cm³/mol. The van der Waals surface area contributed by atoms with Crippen molar-refractivity contribution in [1.29, 1.82) is 0 Å². The maximum Gasteiger partial charge on any atom is 0.0698 e. The van der Waals surface area contributed by atoms with E-state index in [1.54, 1.807) is 0 Å². The lowest BCUT2D eigenvalue weighted by molar-refractivity contribution is 0.0304. The minimum absolute atomic E-state index is 0.127. The second-order valence-electron chi connectivity index (χ2n) is 4.89. The van der Waals surface area contributed by atoms with Gasteiger partial charge in [-0.1, -0.05) is 13.8 Å². The summed E-state index contributed by atoms with van der Waals surface area (Å²) in [4.78, 5) is 2.51. The third-order valence-electron chi connectivity index (χ3n) is 3.48. The first-order valence-corrected chi connectivity index (χ1v) is 6.07. The Labute approximate surface area is 93.4 Å². The van der Waals surface area contributed by atoms with Gasteiger partial charge in [0, 0.05) is 19.1 Å². The van der Waals surface area contributed by atoms with Crippen LogP contribution in [0.15, 0.2) is 0 Å². The molecule has 0 amide bonds. The van der Waals surface area contributed by atoms with Gasteiger partial charge in [0.25, 0.3) is 0 Å². The highest BCUT2D eigenvalue weighted by Crippen LogP contribution is 2.26. The molecule has 1 aliphatic rings. The Morgan fingerprint density at radius 1 is 1.27 bits per heavy atom. The van der Waals surface area contributed by atoms with E-state index in [0.29, 0.717) is 12.6 Å². The van der Waals surface area contributed by atoms with Gasteiger partial charge in [-0.3, -0.25) is 4.90 Å². The van der Waals surface area contributed by atoms with Crippen LogP contribution in [-0.2, 0) is 4.74 Å². The van der Waals surface area contributed by atoms with Crippen LogP contribution in [0, 0.1) is 11.8 Å². The van der Waals surface area contributed by atoms with Crippen LogP contribution in [-0.4, -0.2) is 49.0 Å². The molecule has 3 heteroatoms. The molecule has 3 atom stereocenters. The quantitative estimate of drug-likeness (QED) is 0.703. The van der Waals surface area contributed by atoms with Crippen molar-refractivity contribution in [2.45, 2.75) is 33.2 Å². The van der Waals surface area contributed by atoms with Crippen molar-refractivity contribution < 1.29 is 9.84 Å². The van der Waals surface area contributed by atoms with Gasteiger partial charge in [0.15, 0.2) is 0 Å². The van der Waals surface area contributed by atoms with Crippen LogP contribution >= 0.6 is 0 Å². The van der Waals surface area contributed by atoms with E-state index in [1.807, 2.05) is 0 Å². The molecule has 1 heterocycles. The van der Waals surface area contributed by atoms with Crippen molar-refractivity contribution in [3.63, 3.8) is 0 Å². The predicted octanol–water partition coefficient (Wildman–Crippen LogP) is 1.36. The van der Waals surface area contributed by atoms with Crippen LogP contribution in [0.3, 0.4) is 0 Å². The summed E-state index contributed by atoms with van der Waals surface area (Å²) in [7, 11) is 0. The minimum Gasteiger partial charge on any atom is -0.394 e. The topological polar surface area (TPSA) is 32.7 Å². The van der Waals surface area contributed by atoms with Gasteiger partial charge in [-0.05, 0) is 25.2 Å². The van der Waals surface area contributed by atoms with Gasteiger partial charge < -0.3 is 9.84 Å². The largest absolute Gasteiger partial charge is 0.394 e. The van der Waals surface area contributed by atoms with Crippen LogP contribution in [0.5, 0.6) is 0 Å². The van der Waals surface area contributed by atoms with Crippen molar-refractivity contribution >= 4 is 0 Å². The molecule has 0 aromatic carbocycles. The number of hydrogen-bond acceptors (Lipinski definition) is 3. The summed E-state index contributed by atoms with van der Waals surface area (Å²) < 4.78 is 5.31. The zero-order valence-electron chi connectivity index (χ0n) is 10.3. The minimum atomic E-state index is 0.127. The third kappa shape index (κ3) is 4.09. The third-order valence-corrected chi connectivity index (χ3v) is 3.48. The molecule has 15 heavy (non-hydrogen) atoms. The summed E-state index contributed by atoms with van der Waals surface area (Å²) in [5.41, 5.74) is 0. The molecule has 0 spiro atoms. The van der Waals surface area contributed by atoms with Gasteiger partial charge in [0.1, 0.15) is 0 Å². The Bertz CT molecular complexity index is 175. The molecule has 1 fully saturated rings. The Balaban J connectivity index is 2.26. The lowest BCUT2D eigenvalue weighted by atomic mass is 9.86. The molecule has 0 bridgehead atoms. The van der Waals surface area contributed by atoms with Gasteiger partial charge in [-0.2, -0.15) is 0 Å².